The summed E-state index contributed by atoms with van der Waals surface area (Å²) in [5.74, 6) is -0.252. The first-order valence-electron chi connectivity index (χ1n) is 8.33. The van der Waals surface area contributed by atoms with Gasteiger partial charge in [-0.05, 0) is 44.7 Å². The number of nitrogens with zero attached hydrogens (tertiary/aromatic N) is 3. The molecule has 1 aromatic heterocycles. The Balaban J connectivity index is 1.84. The van der Waals surface area contributed by atoms with Gasteiger partial charge in [0.25, 0.3) is 5.56 Å². The van der Waals surface area contributed by atoms with Crippen molar-refractivity contribution in [2.24, 2.45) is 0 Å². The molecule has 0 atom stereocenters. The van der Waals surface area contributed by atoms with E-state index in [1.165, 1.54) is 10.6 Å². The summed E-state index contributed by atoms with van der Waals surface area (Å²) in [6, 6.07) is 6.93. The second kappa shape index (κ2) is 6.87. The number of rotatable bonds is 3. The minimum Gasteiger partial charge on any atom is -0.304 e. The highest BCUT2D eigenvalue weighted by atomic mass is 19.1. The third-order valence-corrected chi connectivity index (χ3v) is 4.64. The fourth-order valence-electron chi connectivity index (χ4n) is 3.15. The number of hydrogen-bond donors (Lipinski definition) is 0. The second-order valence-electron chi connectivity index (χ2n) is 6.73. The van der Waals surface area contributed by atoms with Gasteiger partial charge in [-0.15, -0.1) is 0 Å². The average molecular weight is 329 g/mol. The number of aryl methyl sites for hydroxylation is 2. The van der Waals surface area contributed by atoms with Crippen molar-refractivity contribution in [2.75, 3.05) is 33.2 Å². The van der Waals surface area contributed by atoms with Crippen LogP contribution in [0.25, 0.3) is 5.69 Å². The largest absolute Gasteiger partial charge is 0.304 e. The Morgan fingerprint density at radius 3 is 2.46 bits per heavy atom. The van der Waals surface area contributed by atoms with Gasteiger partial charge in [-0.2, -0.15) is 0 Å². The number of benzene rings is 1. The quantitative estimate of drug-likeness (QED) is 0.865. The van der Waals surface area contributed by atoms with E-state index in [2.05, 4.69) is 16.8 Å². The van der Waals surface area contributed by atoms with E-state index in [4.69, 9.17) is 0 Å². The molecule has 0 bridgehead atoms. The third kappa shape index (κ3) is 3.57. The van der Waals surface area contributed by atoms with E-state index in [1.54, 1.807) is 19.2 Å². The lowest BCUT2D eigenvalue weighted by molar-refractivity contribution is 0.147. The Morgan fingerprint density at radius 2 is 1.79 bits per heavy atom. The summed E-state index contributed by atoms with van der Waals surface area (Å²) in [7, 11) is 2.11. The van der Waals surface area contributed by atoms with E-state index in [1.807, 2.05) is 19.1 Å². The number of likely N-dealkylation sites (N-methyl/N-ethyl adjacent to an activating group) is 1. The molecule has 128 valence electrons. The molecule has 1 aliphatic rings. The van der Waals surface area contributed by atoms with Gasteiger partial charge in [0.05, 0.1) is 5.69 Å². The van der Waals surface area contributed by atoms with Crippen molar-refractivity contribution in [3.63, 3.8) is 0 Å². The summed E-state index contributed by atoms with van der Waals surface area (Å²) < 4.78 is 16.1. The molecular weight excluding hydrogens is 305 g/mol. The molecule has 0 amide bonds. The lowest BCUT2D eigenvalue weighted by atomic mass is 10.1. The fourth-order valence-corrected chi connectivity index (χ4v) is 3.15. The zero-order chi connectivity index (χ0) is 17.3. The van der Waals surface area contributed by atoms with Gasteiger partial charge in [0.2, 0.25) is 0 Å². The van der Waals surface area contributed by atoms with Crippen molar-refractivity contribution >= 4 is 0 Å². The van der Waals surface area contributed by atoms with Gasteiger partial charge >= 0.3 is 0 Å². The highest BCUT2D eigenvalue weighted by Gasteiger charge is 2.16. The lowest BCUT2D eigenvalue weighted by Crippen LogP contribution is -2.44. The Kier molecular flexibility index (Phi) is 4.83. The van der Waals surface area contributed by atoms with Crippen LogP contribution in [0.1, 0.15) is 16.7 Å². The van der Waals surface area contributed by atoms with Crippen molar-refractivity contribution in [1.82, 2.24) is 14.4 Å². The fraction of sp³-hybridized carbons (Fsp3) is 0.421. The number of piperazine rings is 1. The third-order valence-electron chi connectivity index (χ3n) is 4.64. The summed E-state index contributed by atoms with van der Waals surface area (Å²) in [5.41, 5.74) is 2.80. The summed E-state index contributed by atoms with van der Waals surface area (Å²) in [5, 5.41) is 0. The smallest absolute Gasteiger partial charge is 0.257 e. The zero-order valence-corrected chi connectivity index (χ0v) is 14.6. The van der Waals surface area contributed by atoms with Crippen LogP contribution in [-0.2, 0) is 6.54 Å². The van der Waals surface area contributed by atoms with Crippen LogP contribution >= 0.6 is 0 Å². The van der Waals surface area contributed by atoms with Crippen LogP contribution in [-0.4, -0.2) is 47.6 Å². The van der Waals surface area contributed by atoms with Crippen molar-refractivity contribution in [1.29, 1.82) is 0 Å². The Hall–Kier alpha value is -1.98. The number of halogens is 1. The van der Waals surface area contributed by atoms with Crippen LogP contribution in [0.5, 0.6) is 0 Å². The summed E-state index contributed by atoms with van der Waals surface area (Å²) in [4.78, 5) is 16.8. The van der Waals surface area contributed by atoms with Crippen LogP contribution in [0.15, 0.2) is 35.3 Å². The molecule has 0 aliphatic carbocycles. The Morgan fingerprint density at radius 1 is 1.08 bits per heavy atom. The van der Waals surface area contributed by atoms with Crippen LogP contribution in [0.3, 0.4) is 0 Å². The molecular formula is C19H24FN3O. The van der Waals surface area contributed by atoms with Gasteiger partial charge in [-0.25, -0.2) is 4.39 Å². The van der Waals surface area contributed by atoms with Crippen LogP contribution in [0, 0.1) is 19.7 Å². The number of pyridine rings is 1. The van der Waals surface area contributed by atoms with Crippen molar-refractivity contribution in [2.45, 2.75) is 20.4 Å². The van der Waals surface area contributed by atoms with E-state index in [0.717, 1.165) is 31.7 Å². The highest BCUT2D eigenvalue weighted by Crippen LogP contribution is 2.16. The van der Waals surface area contributed by atoms with E-state index in [0.29, 0.717) is 23.4 Å². The molecule has 1 aromatic carbocycles. The van der Waals surface area contributed by atoms with E-state index < -0.39 is 0 Å². The van der Waals surface area contributed by atoms with Gasteiger partial charge in [0, 0.05) is 50.0 Å². The first-order valence-corrected chi connectivity index (χ1v) is 8.33. The monoisotopic (exact) mass is 329 g/mol. The molecule has 1 fully saturated rings. The van der Waals surface area contributed by atoms with Crippen LogP contribution < -0.4 is 5.56 Å². The predicted octanol–water partition coefficient (Wildman–Crippen LogP) is 2.34. The molecule has 3 rings (SSSR count). The second-order valence-corrected chi connectivity index (χ2v) is 6.73. The summed E-state index contributed by atoms with van der Waals surface area (Å²) in [6.45, 7) is 8.25. The molecule has 0 unspecified atom stereocenters. The molecule has 0 spiro atoms. The SMILES string of the molecule is Cc1cc(C)c(=O)n(-c2ccc(CN3CCN(C)CC3)c(F)c2)c1. The molecule has 0 saturated carbocycles. The lowest BCUT2D eigenvalue weighted by Gasteiger charge is -2.32. The van der Waals surface area contributed by atoms with E-state index in [9.17, 15) is 9.18 Å². The highest BCUT2D eigenvalue weighted by molar-refractivity contribution is 5.37. The molecule has 0 radical (unpaired) electrons. The number of hydrogen-bond acceptors (Lipinski definition) is 3. The standard InChI is InChI=1S/C19H24FN3O/c1-14-10-15(2)19(24)23(12-14)17-5-4-16(18(20)11-17)13-22-8-6-21(3)7-9-22/h4-5,10-12H,6-9,13H2,1-3H3. The zero-order valence-electron chi connectivity index (χ0n) is 14.6. The van der Waals surface area contributed by atoms with Crippen molar-refractivity contribution in [3.8, 4) is 5.69 Å². The van der Waals surface area contributed by atoms with E-state index >= 15 is 0 Å². The minimum absolute atomic E-state index is 0.105. The van der Waals surface area contributed by atoms with Gasteiger partial charge in [0.1, 0.15) is 5.82 Å². The van der Waals surface area contributed by atoms with Crippen LogP contribution in [0.4, 0.5) is 4.39 Å². The maximum absolute atomic E-state index is 14.5. The molecule has 24 heavy (non-hydrogen) atoms. The van der Waals surface area contributed by atoms with Gasteiger partial charge in [-0.1, -0.05) is 6.07 Å². The van der Waals surface area contributed by atoms with Crippen molar-refractivity contribution < 1.29 is 4.39 Å². The summed E-state index contributed by atoms with van der Waals surface area (Å²) >= 11 is 0. The van der Waals surface area contributed by atoms with Crippen molar-refractivity contribution in [3.05, 3.63) is 63.3 Å². The molecule has 0 N–H and O–H groups in total. The van der Waals surface area contributed by atoms with Gasteiger partial charge in [0.15, 0.2) is 0 Å². The molecule has 4 nitrogen and oxygen atoms in total. The summed E-state index contributed by atoms with van der Waals surface area (Å²) in [6.07, 6.45) is 1.75. The molecule has 2 aromatic rings. The number of aromatic nitrogens is 1. The first kappa shape index (κ1) is 16.9. The Bertz CT molecular complexity index is 792. The topological polar surface area (TPSA) is 28.5 Å². The predicted molar refractivity (Wildman–Crippen MR) is 94.2 cm³/mol. The normalized spacial score (nSPS) is 16.5. The molecule has 1 aliphatic heterocycles. The molecule has 2 heterocycles. The van der Waals surface area contributed by atoms with Gasteiger partial charge < -0.3 is 4.90 Å². The van der Waals surface area contributed by atoms with Gasteiger partial charge in [-0.3, -0.25) is 14.3 Å². The maximum Gasteiger partial charge on any atom is 0.257 e. The van der Waals surface area contributed by atoms with E-state index in [-0.39, 0.29) is 11.4 Å². The average Bonchev–Trinajstić information content (AvgIpc) is 2.55. The Labute approximate surface area is 142 Å². The van der Waals surface area contributed by atoms with Crippen LogP contribution in [0.2, 0.25) is 0 Å². The minimum atomic E-state index is -0.252. The molecule has 5 heteroatoms. The first-order chi connectivity index (χ1) is 11.4. The molecule has 1 saturated heterocycles. The maximum atomic E-state index is 14.5.